The Balaban J connectivity index is 1.73. The van der Waals surface area contributed by atoms with E-state index in [1.165, 1.54) is 35.3 Å². The predicted octanol–water partition coefficient (Wildman–Crippen LogP) is 6.16. The van der Waals surface area contributed by atoms with E-state index in [0.717, 1.165) is 12.1 Å². The number of alkyl halides is 3. The van der Waals surface area contributed by atoms with E-state index in [1.807, 2.05) is 12.1 Å². The third-order valence-electron chi connectivity index (χ3n) is 5.04. The molecule has 1 unspecified atom stereocenters. The molecule has 4 rings (SSSR count). The van der Waals surface area contributed by atoms with Crippen molar-refractivity contribution >= 4 is 40.5 Å². The Morgan fingerprint density at radius 3 is 2.33 bits per heavy atom. The van der Waals surface area contributed by atoms with E-state index in [4.69, 9.17) is 44.9 Å². The number of aromatic nitrogens is 2. The average molecular weight is 511 g/mol. The maximum Gasteiger partial charge on any atom is 0.435 e. The van der Waals surface area contributed by atoms with Crippen LogP contribution in [0, 0.1) is 22.7 Å². The fourth-order valence-electron chi connectivity index (χ4n) is 3.36. The lowest BCUT2D eigenvalue weighted by Crippen LogP contribution is -2.42. The lowest BCUT2D eigenvalue weighted by Gasteiger charge is -2.30. The molecule has 0 N–H and O–H groups in total. The van der Waals surface area contributed by atoms with Crippen LogP contribution >= 0.6 is 34.8 Å². The van der Waals surface area contributed by atoms with Crippen molar-refractivity contribution in [2.75, 3.05) is 0 Å². The lowest BCUT2D eigenvalue weighted by atomic mass is 9.86. The van der Waals surface area contributed by atoms with E-state index >= 15 is 0 Å². The standard InChI is InChI=1S/C21H9Cl3F3N5O/c22-15-4-14(5-16(23)19(15)24)20(21(25,26)27)6-17(31-33-20)12-1-2-18(13(3-12)8-29)32-10-11(7-28)9-30-32/h1-5,9-10H,6H2. The Morgan fingerprint density at radius 1 is 1.06 bits per heavy atom. The molecule has 33 heavy (non-hydrogen) atoms. The van der Waals surface area contributed by atoms with Crippen LogP contribution in [0.15, 0.2) is 47.9 Å². The highest BCUT2D eigenvalue weighted by atomic mass is 35.5. The Bertz CT molecular complexity index is 1360. The second kappa shape index (κ2) is 8.27. The van der Waals surface area contributed by atoms with Crippen molar-refractivity contribution in [1.82, 2.24) is 9.78 Å². The van der Waals surface area contributed by atoms with Crippen LogP contribution in [-0.2, 0) is 10.4 Å². The number of oxime groups is 1. The summed E-state index contributed by atoms with van der Waals surface area (Å²) >= 11 is 17.8. The topological polar surface area (TPSA) is 87.0 Å². The van der Waals surface area contributed by atoms with Gasteiger partial charge in [-0.2, -0.15) is 28.8 Å². The van der Waals surface area contributed by atoms with Crippen molar-refractivity contribution in [3.63, 3.8) is 0 Å². The first-order valence-corrected chi connectivity index (χ1v) is 10.2. The molecule has 0 saturated heterocycles. The van der Waals surface area contributed by atoms with Crippen molar-refractivity contribution in [3.05, 3.63) is 80.0 Å². The Morgan fingerprint density at radius 2 is 1.76 bits per heavy atom. The second-order valence-corrected chi connectivity index (χ2v) is 8.21. The van der Waals surface area contributed by atoms with Crippen molar-refractivity contribution in [2.24, 2.45) is 5.16 Å². The van der Waals surface area contributed by atoms with Gasteiger partial charge in [0, 0.05) is 23.7 Å². The SMILES string of the molecule is N#Cc1cnn(-c2ccc(C3=NOC(c4cc(Cl)c(Cl)c(Cl)c4)(C(F)(F)F)C3)cc2C#N)c1. The molecule has 166 valence electrons. The van der Waals surface area contributed by atoms with E-state index in [9.17, 15) is 18.4 Å². The third kappa shape index (κ3) is 3.89. The molecule has 1 aliphatic heterocycles. The molecule has 0 aliphatic carbocycles. The monoisotopic (exact) mass is 509 g/mol. The molecule has 1 aromatic heterocycles. The van der Waals surface area contributed by atoms with Gasteiger partial charge >= 0.3 is 6.18 Å². The van der Waals surface area contributed by atoms with Gasteiger partial charge in [-0.15, -0.1) is 0 Å². The van der Waals surface area contributed by atoms with Gasteiger partial charge in [0.1, 0.15) is 12.1 Å². The molecular weight excluding hydrogens is 502 g/mol. The van der Waals surface area contributed by atoms with E-state index < -0.39 is 18.2 Å². The summed E-state index contributed by atoms with van der Waals surface area (Å²) in [5.41, 5.74) is -2.23. The molecule has 0 saturated carbocycles. The molecule has 1 aliphatic rings. The van der Waals surface area contributed by atoms with Gasteiger partial charge in [-0.05, 0) is 24.3 Å². The molecule has 0 fully saturated rings. The van der Waals surface area contributed by atoms with Gasteiger partial charge < -0.3 is 4.84 Å². The highest BCUT2D eigenvalue weighted by Crippen LogP contribution is 2.50. The summed E-state index contributed by atoms with van der Waals surface area (Å²) in [5, 5.41) is 25.8. The van der Waals surface area contributed by atoms with Crippen molar-refractivity contribution < 1.29 is 18.0 Å². The van der Waals surface area contributed by atoms with Crippen LogP contribution in [-0.4, -0.2) is 21.7 Å². The first kappa shape index (κ1) is 22.9. The zero-order valence-corrected chi connectivity index (χ0v) is 18.4. The van der Waals surface area contributed by atoms with Gasteiger partial charge in [-0.3, -0.25) is 0 Å². The van der Waals surface area contributed by atoms with Crippen LogP contribution in [0.25, 0.3) is 5.69 Å². The van der Waals surface area contributed by atoms with Crippen molar-refractivity contribution in [1.29, 1.82) is 10.5 Å². The summed E-state index contributed by atoms with van der Waals surface area (Å²) < 4.78 is 44.0. The molecule has 0 bridgehead atoms. The maximum atomic E-state index is 14.2. The first-order valence-electron chi connectivity index (χ1n) is 9.06. The third-order valence-corrected chi connectivity index (χ3v) is 6.24. The molecule has 12 heteroatoms. The van der Waals surface area contributed by atoms with Crippen LogP contribution in [0.3, 0.4) is 0 Å². The van der Waals surface area contributed by atoms with E-state index in [0.29, 0.717) is 5.69 Å². The average Bonchev–Trinajstić information content (AvgIpc) is 3.44. The molecule has 0 amide bonds. The first-order chi connectivity index (χ1) is 15.6. The summed E-state index contributed by atoms with van der Waals surface area (Å²) in [6.07, 6.45) is -2.81. The van der Waals surface area contributed by atoms with E-state index in [1.54, 1.807) is 0 Å². The summed E-state index contributed by atoms with van der Waals surface area (Å²) in [5.74, 6) is 0. The highest BCUT2D eigenvalue weighted by Gasteiger charge is 2.62. The number of hydrogen-bond donors (Lipinski definition) is 0. The normalized spacial score (nSPS) is 17.8. The fraction of sp³-hybridized carbons (Fsp3) is 0.143. The zero-order chi connectivity index (χ0) is 24.0. The minimum Gasteiger partial charge on any atom is -0.374 e. The van der Waals surface area contributed by atoms with Crippen LogP contribution in [0.2, 0.25) is 15.1 Å². The van der Waals surface area contributed by atoms with Crippen LogP contribution < -0.4 is 0 Å². The second-order valence-electron chi connectivity index (χ2n) is 7.01. The minimum absolute atomic E-state index is 0.0317. The van der Waals surface area contributed by atoms with Crippen molar-refractivity contribution in [2.45, 2.75) is 18.2 Å². The van der Waals surface area contributed by atoms with Gasteiger partial charge in [0.2, 0.25) is 0 Å². The Labute approximate surface area is 199 Å². The lowest BCUT2D eigenvalue weighted by molar-refractivity contribution is -0.275. The van der Waals surface area contributed by atoms with Gasteiger partial charge in [0.15, 0.2) is 0 Å². The van der Waals surface area contributed by atoms with Crippen molar-refractivity contribution in [3.8, 4) is 17.8 Å². The number of nitriles is 2. The van der Waals surface area contributed by atoms with E-state index in [2.05, 4.69) is 10.3 Å². The summed E-state index contributed by atoms with van der Waals surface area (Å²) in [7, 11) is 0. The van der Waals surface area contributed by atoms with Gasteiger partial charge in [-0.1, -0.05) is 46.0 Å². The summed E-state index contributed by atoms with van der Waals surface area (Å²) in [6, 6.07) is 10.3. The molecule has 1 atom stereocenters. The molecule has 2 heterocycles. The maximum absolute atomic E-state index is 14.2. The Hall–Kier alpha value is -3.24. The van der Waals surface area contributed by atoms with Crippen LogP contribution in [0.1, 0.15) is 28.7 Å². The minimum atomic E-state index is -4.88. The Kier molecular flexibility index (Phi) is 5.75. The molecule has 2 aromatic carbocycles. The van der Waals surface area contributed by atoms with Gasteiger partial charge in [0.05, 0.1) is 43.8 Å². The number of hydrogen-bond acceptors (Lipinski definition) is 5. The fourth-order valence-corrected chi connectivity index (χ4v) is 3.96. The molecule has 6 nitrogen and oxygen atoms in total. The molecule has 0 spiro atoms. The number of halogens is 6. The zero-order valence-electron chi connectivity index (χ0n) is 16.2. The van der Waals surface area contributed by atoms with E-state index in [-0.39, 0.29) is 43.0 Å². The molecule has 0 radical (unpaired) electrons. The predicted molar refractivity (Wildman–Crippen MR) is 114 cm³/mol. The smallest absolute Gasteiger partial charge is 0.374 e. The van der Waals surface area contributed by atoms with Gasteiger partial charge in [0.25, 0.3) is 5.60 Å². The number of nitrogens with zero attached hydrogens (tertiary/aromatic N) is 5. The summed E-state index contributed by atoms with van der Waals surface area (Å²) in [4.78, 5) is 4.98. The van der Waals surface area contributed by atoms with Crippen LogP contribution in [0.4, 0.5) is 13.2 Å². The number of benzene rings is 2. The van der Waals surface area contributed by atoms with Gasteiger partial charge in [-0.25, -0.2) is 4.68 Å². The quantitative estimate of drug-likeness (QED) is 0.395. The van der Waals surface area contributed by atoms with Crippen LogP contribution in [0.5, 0.6) is 0 Å². The number of rotatable bonds is 3. The molecule has 3 aromatic rings. The largest absolute Gasteiger partial charge is 0.435 e. The molecular formula is C21H9Cl3F3N5O. The highest BCUT2D eigenvalue weighted by molar-refractivity contribution is 6.48. The summed E-state index contributed by atoms with van der Waals surface area (Å²) in [6.45, 7) is 0.